The fraction of sp³-hybridized carbons (Fsp3) is 0.333. The van der Waals surface area contributed by atoms with Crippen LogP contribution in [0.3, 0.4) is 0 Å². The van der Waals surface area contributed by atoms with Crippen LogP contribution in [-0.2, 0) is 11.8 Å². The second-order valence-corrected chi connectivity index (χ2v) is 6.16. The van der Waals surface area contributed by atoms with Gasteiger partial charge in [0.1, 0.15) is 5.69 Å². The summed E-state index contributed by atoms with van der Waals surface area (Å²) in [7, 11) is 4.77. The SMILES string of the molecule is CC/C(C)=C/C(=O)Nc1c2sscc-2n(C)c1=O. The molecule has 1 N–H and O–H groups in total. The molecule has 0 unspecified atom stereocenters. The predicted octanol–water partition coefficient (Wildman–Crippen LogP) is 2.91. The Bertz CT molecular complexity index is 633. The molecule has 2 heterocycles. The quantitative estimate of drug-likeness (QED) is 0.695. The standard InChI is InChI=1S/C12H14N2O2S2/c1-4-7(2)5-9(15)13-10-11-8(6-17-18-11)14(3)12(10)16/h5-6H,4H2,1-3H3,(H,13,15)/b7-5+. The highest BCUT2D eigenvalue weighted by molar-refractivity contribution is 7.70. The third-order valence-corrected chi connectivity index (χ3v) is 4.89. The molecule has 2 aliphatic rings. The summed E-state index contributed by atoms with van der Waals surface area (Å²) in [6, 6.07) is 0. The molecule has 0 aromatic rings. The molecule has 0 aromatic heterocycles. The Labute approximate surface area is 112 Å². The number of amides is 1. The Morgan fingerprint density at radius 3 is 2.94 bits per heavy atom. The number of aromatic nitrogens is 1. The number of allylic oxidation sites excluding steroid dienone is 1. The van der Waals surface area contributed by atoms with E-state index in [0.29, 0.717) is 5.69 Å². The molecule has 18 heavy (non-hydrogen) atoms. The molecule has 0 saturated carbocycles. The molecular formula is C12H14N2O2S2. The first kappa shape index (κ1) is 13.0. The predicted molar refractivity (Wildman–Crippen MR) is 76.7 cm³/mol. The van der Waals surface area contributed by atoms with Crippen LogP contribution in [0.25, 0.3) is 10.6 Å². The molecule has 2 aliphatic heterocycles. The van der Waals surface area contributed by atoms with Gasteiger partial charge in [0.2, 0.25) is 5.91 Å². The summed E-state index contributed by atoms with van der Waals surface area (Å²) >= 11 is 0. The van der Waals surface area contributed by atoms with Gasteiger partial charge in [-0.1, -0.05) is 33.2 Å². The first-order chi connectivity index (χ1) is 8.54. The van der Waals surface area contributed by atoms with Gasteiger partial charge < -0.3 is 9.88 Å². The molecule has 2 rings (SSSR count). The van der Waals surface area contributed by atoms with Gasteiger partial charge in [-0.2, -0.15) is 0 Å². The van der Waals surface area contributed by atoms with Gasteiger partial charge in [0.15, 0.2) is 0 Å². The van der Waals surface area contributed by atoms with Crippen molar-refractivity contribution in [3.8, 4) is 10.6 Å². The van der Waals surface area contributed by atoms with Gasteiger partial charge in [0.25, 0.3) is 5.56 Å². The van der Waals surface area contributed by atoms with Crippen LogP contribution in [0.4, 0.5) is 5.69 Å². The molecule has 0 spiro atoms. The molecule has 0 fully saturated rings. The van der Waals surface area contributed by atoms with Crippen molar-refractivity contribution < 1.29 is 4.79 Å². The van der Waals surface area contributed by atoms with Crippen LogP contribution in [0.1, 0.15) is 20.3 Å². The van der Waals surface area contributed by atoms with Crippen molar-refractivity contribution in [1.29, 1.82) is 0 Å². The van der Waals surface area contributed by atoms with Crippen molar-refractivity contribution in [3.63, 3.8) is 0 Å². The zero-order valence-electron chi connectivity index (χ0n) is 10.4. The van der Waals surface area contributed by atoms with Crippen molar-refractivity contribution in [2.75, 3.05) is 5.32 Å². The van der Waals surface area contributed by atoms with E-state index >= 15 is 0 Å². The lowest BCUT2D eigenvalue weighted by molar-refractivity contribution is -0.112. The summed E-state index contributed by atoms with van der Waals surface area (Å²) < 4.78 is 1.56. The third kappa shape index (κ3) is 2.26. The fourth-order valence-corrected chi connectivity index (χ4v) is 3.89. The van der Waals surface area contributed by atoms with E-state index in [1.807, 2.05) is 19.2 Å². The van der Waals surface area contributed by atoms with E-state index in [9.17, 15) is 9.59 Å². The summed E-state index contributed by atoms with van der Waals surface area (Å²) in [4.78, 5) is 24.6. The maximum absolute atomic E-state index is 12.0. The van der Waals surface area contributed by atoms with Crippen LogP contribution in [0.5, 0.6) is 0 Å². The summed E-state index contributed by atoms with van der Waals surface area (Å²) in [5.41, 5.74) is 2.10. The number of hydrogen-bond acceptors (Lipinski definition) is 4. The van der Waals surface area contributed by atoms with Crippen molar-refractivity contribution in [2.45, 2.75) is 20.3 Å². The van der Waals surface area contributed by atoms with E-state index in [1.54, 1.807) is 22.0 Å². The molecule has 96 valence electrons. The second-order valence-electron chi connectivity index (χ2n) is 4.08. The summed E-state index contributed by atoms with van der Waals surface area (Å²) in [6.07, 6.45) is 2.36. The van der Waals surface area contributed by atoms with Gasteiger partial charge >= 0.3 is 0 Å². The minimum Gasteiger partial charge on any atom is -0.317 e. The molecule has 6 heteroatoms. The topological polar surface area (TPSA) is 51.1 Å². The number of carbonyl (C=O) groups excluding carboxylic acids is 1. The molecule has 4 nitrogen and oxygen atoms in total. The largest absolute Gasteiger partial charge is 0.317 e. The number of fused-ring (bicyclic) bond motifs is 1. The first-order valence-electron chi connectivity index (χ1n) is 5.59. The van der Waals surface area contributed by atoms with Gasteiger partial charge in [-0.3, -0.25) is 9.59 Å². The van der Waals surface area contributed by atoms with Crippen molar-refractivity contribution in [2.24, 2.45) is 7.05 Å². The smallest absolute Gasteiger partial charge is 0.276 e. The van der Waals surface area contributed by atoms with Crippen LogP contribution in [0.15, 0.2) is 21.8 Å². The Hall–Kier alpha value is -1.40. The van der Waals surface area contributed by atoms with Crippen molar-refractivity contribution in [1.82, 2.24) is 4.57 Å². The van der Waals surface area contributed by atoms with Gasteiger partial charge in [0, 0.05) is 18.5 Å². The lowest BCUT2D eigenvalue weighted by Crippen LogP contribution is -2.18. The normalized spacial score (nSPS) is 12.1. The average Bonchev–Trinajstić information content (AvgIpc) is 2.89. The van der Waals surface area contributed by atoms with Crippen LogP contribution < -0.4 is 10.9 Å². The zero-order chi connectivity index (χ0) is 13.3. The molecule has 0 saturated heterocycles. The number of hydrogen-bond donors (Lipinski definition) is 1. The molecule has 0 radical (unpaired) electrons. The molecular weight excluding hydrogens is 268 g/mol. The molecule has 0 aliphatic carbocycles. The maximum atomic E-state index is 12.0. The monoisotopic (exact) mass is 282 g/mol. The van der Waals surface area contributed by atoms with E-state index in [1.165, 1.54) is 16.4 Å². The fourth-order valence-electron chi connectivity index (χ4n) is 1.58. The third-order valence-electron chi connectivity index (χ3n) is 2.81. The van der Waals surface area contributed by atoms with Crippen molar-refractivity contribution in [3.05, 3.63) is 27.4 Å². The summed E-state index contributed by atoms with van der Waals surface area (Å²) in [6.45, 7) is 3.88. The Morgan fingerprint density at radius 1 is 1.56 bits per heavy atom. The summed E-state index contributed by atoms with van der Waals surface area (Å²) in [5, 5.41) is 4.61. The maximum Gasteiger partial charge on any atom is 0.276 e. The Kier molecular flexibility index (Phi) is 3.68. The van der Waals surface area contributed by atoms with Gasteiger partial charge in [-0.15, -0.1) is 0 Å². The Balaban J connectivity index is 2.33. The Morgan fingerprint density at radius 2 is 2.28 bits per heavy atom. The highest BCUT2D eigenvalue weighted by Gasteiger charge is 2.21. The van der Waals surface area contributed by atoms with E-state index < -0.39 is 0 Å². The minimum atomic E-state index is -0.239. The number of nitrogens with one attached hydrogen (secondary N) is 1. The van der Waals surface area contributed by atoms with Crippen LogP contribution in [0, 0.1) is 0 Å². The van der Waals surface area contributed by atoms with Gasteiger partial charge in [-0.05, 0) is 13.3 Å². The van der Waals surface area contributed by atoms with Crippen LogP contribution >= 0.6 is 20.7 Å². The zero-order valence-corrected chi connectivity index (χ0v) is 12.1. The second kappa shape index (κ2) is 5.07. The average molecular weight is 282 g/mol. The number of anilines is 1. The van der Waals surface area contributed by atoms with E-state index in [4.69, 9.17) is 0 Å². The first-order valence-corrected chi connectivity index (χ1v) is 7.80. The summed E-state index contributed by atoms with van der Waals surface area (Å²) in [5.74, 6) is -0.239. The highest BCUT2D eigenvalue weighted by atomic mass is 32.9. The minimum absolute atomic E-state index is 0.153. The van der Waals surface area contributed by atoms with Crippen LogP contribution in [-0.4, -0.2) is 10.5 Å². The lowest BCUT2D eigenvalue weighted by atomic mass is 10.2. The van der Waals surface area contributed by atoms with Crippen molar-refractivity contribution >= 4 is 32.3 Å². The molecule has 1 amide bonds. The van der Waals surface area contributed by atoms with Crippen LogP contribution in [0.2, 0.25) is 0 Å². The van der Waals surface area contributed by atoms with Gasteiger partial charge in [-0.25, -0.2) is 0 Å². The number of nitrogens with zero attached hydrogens (tertiary/aromatic N) is 1. The highest BCUT2D eigenvalue weighted by Crippen LogP contribution is 2.36. The molecule has 0 aromatic carbocycles. The number of carbonyl (C=O) groups is 1. The number of rotatable bonds is 3. The molecule has 0 atom stereocenters. The van der Waals surface area contributed by atoms with E-state index in [2.05, 4.69) is 5.32 Å². The van der Waals surface area contributed by atoms with E-state index in [0.717, 1.165) is 22.6 Å². The molecule has 0 bridgehead atoms. The lowest BCUT2D eigenvalue weighted by Gasteiger charge is -1.99. The van der Waals surface area contributed by atoms with E-state index in [-0.39, 0.29) is 11.5 Å². The van der Waals surface area contributed by atoms with Gasteiger partial charge in [0.05, 0.1) is 10.6 Å².